The molecule has 1 aromatic heterocycles. The van der Waals surface area contributed by atoms with E-state index in [2.05, 4.69) is 158 Å². The molecule has 49 heavy (non-hydrogen) atoms. The largest absolute Gasteiger partial charge is 0.457 e. The molecule has 9 aromatic rings. The van der Waals surface area contributed by atoms with Crippen molar-refractivity contribution in [2.24, 2.45) is 0 Å². The monoisotopic (exact) mass is 628 g/mol. The molecule has 0 amide bonds. The third-order valence-corrected chi connectivity index (χ3v) is 10.5. The van der Waals surface area contributed by atoms with E-state index < -0.39 is 5.41 Å². The van der Waals surface area contributed by atoms with Gasteiger partial charge < -0.3 is 9.15 Å². The quantitative estimate of drug-likeness (QED) is 0.189. The third-order valence-electron chi connectivity index (χ3n) is 10.5. The van der Waals surface area contributed by atoms with Gasteiger partial charge in [-0.05, 0) is 87.0 Å². The Bertz CT molecular complexity index is 2600. The van der Waals surface area contributed by atoms with Gasteiger partial charge in [0, 0.05) is 27.3 Å². The van der Waals surface area contributed by atoms with Crippen LogP contribution in [0.2, 0.25) is 0 Å². The van der Waals surface area contributed by atoms with Gasteiger partial charge in [-0.3, -0.25) is 0 Å². The molecule has 0 spiro atoms. The average Bonchev–Trinajstić information content (AvgIpc) is 3.53. The molecule has 2 heterocycles. The van der Waals surface area contributed by atoms with E-state index in [-0.39, 0.29) is 0 Å². The van der Waals surface area contributed by atoms with Crippen molar-refractivity contribution in [2.75, 3.05) is 0 Å². The molecule has 0 fully saturated rings. The van der Waals surface area contributed by atoms with Gasteiger partial charge in [0.15, 0.2) is 0 Å². The van der Waals surface area contributed by atoms with Crippen molar-refractivity contribution in [1.29, 1.82) is 0 Å². The van der Waals surface area contributed by atoms with Gasteiger partial charge in [0.2, 0.25) is 0 Å². The van der Waals surface area contributed by atoms with Gasteiger partial charge >= 0.3 is 0 Å². The lowest BCUT2D eigenvalue weighted by atomic mass is 9.63. The van der Waals surface area contributed by atoms with Crippen LogP contribution >= 0.6 is 0 Å². The van der Waals surface area contributed by atoms with E-state index >= 15 is 0 Å². The van der Waals surface area contributed by atoms with Gasteiger partial charge in [-0.25, -0.2) is 0 Å². The van der Waals surface area contributed by atoms with E-state index in [0.717, 1.165) is 51.8 Å². The van der Waals surface area contributed by atoms with Crippen LogP contribution in [-0.4, -0.2) is 0 Å². The Morgan fingerprint density at radius 2 is 0.918 bits per heavy atom. The van der Waals surface area contributed by atoms with E-state index in [1.165, 1.54) is 49.4 Å². The zero-order valence-corrected chi connectivity index (χ0v) is 26.9. The average molecular weight is 629 g/mol. The lowest BCUT2D eigenvalue weighted by Crippen LogP contribution is -2.37. The molecule has 8 aromatic carbocycles. The highest BCUT2D eigenvalue weighted by molar-refractivity contribution is 6.06. The van der Waals surface area contributed by atoms with Crippen molar-refractivity contribution in [1.82, 2.24) is 0 Å². The van der Waals surface area contributed by atoms with E-state index in [1.807, 2.05) is 12.1 Å². The third kappa shape index (κ3) is 4.48. The number of fused-ring (bicyclic) bond motifs is 9. The summed E-state index contributed by atoms with van der Waals surface area (Å²) in [5, 5.41) is 7.23. The second-order valence-corrected chi connectivity index (χ2v) is 13.3. The first-order valence-corrected chi connectivity index (χ1v) is 17.0. The zero-order chi connectivity index (χ0) is 32.4. The van der Waals surface area contributed by atoms with Crippen LogP contribution < -0.4 is 4.74 Å². The van der Waals surface area contributed by atoms with Crippen molar-refractivity contribution >= 4 is 43.5 Å². The molecule has 232 valence electrons. The first kappa shape index (κ1) is 27.9. The summed E-state index contributed by atoms with van der Waals surface area (Å²) in [5.74, 6) is 1.88. The molecule has 1 aliphatic heterocycles. The maximum absolute atomic E-state index is 6.85. The van der Waals surface area contributed by atoms with Gasteiger partial charge in [-0.1, -0.05) is 140 Å². The SMILES string of the molecule is c1ccc(CC2(Cc3ccc(-c4ccc5c(c4)oc4ccccc45)cc3)c3c(ccc4ccccc34)Oc3ccc4ccccc4c32)cc1. The van der Waals surface area contributed by atoms with Crippen LogP contribution in [0, 0.1) is 0 Å². The predicted octanol–water partition coefficient (Wildman–Crippen LogP) is 12.4. The van der Waals surface area contributed by atoms with Crippen LogP contribution in [0.3, 0.4) is 0 Å². The fourth-order valence-electron chi connectivity index (χ4n) is 8.33. The van der Waals surface area contributed by atoms with E-state index in [1.54, 1.807) is 0 Å². The molecular formula is C47H32O2. The minimum Gasteiger partial charge on any atom is -0.457 e. The van der Waals surface area contributed by atoms with Crippen LogP contribution in [0.1, 0.15) is 22.3 Å². The Kier molecular flexibility index (Phi) is 6.25. The van der Waals surface area contributed by atoms with Crippen molar-refractivity contribution < 1.29 is 9.15 Å². The van der Waals surface area contributed by atoms with E-state index in [0.29, 0.717) is 0 Å². The summed E-state index contributed by atoms with van der Waals surface area (Å²) in [6.45, 7) is 0. The first-order chi connectivity index (χ1) is 24.2. The van der Waals surface area contributed by atoms with Crippen LogP contribution in [0.4, 0.5) is 0 Å². The number of furan rings is 1. The number of rotatable bonds is 5. The van der Waals surface area contributed by atoms with Gasteiger partial charge in [0.05, 0.1) is 0 Å². The summed E-state index contributed by atoms with van der Waals surface area (Å²) in [6.07, 6.45) is 1.65. The van der Waals surface area contributed by atoms with Crippen molar-refractivity contribution in [3.63, 3.8) is 0 Å². The molecule has 0 atom stereocenters. The fourth-order valence-corrected chi connectivity index (χ4v) is 8.33. The topological polar surface area (TPSA) is 22.4 Å². The molecule has 0 N–H and O–H groups in total. The van der Waals surface area contributed by atoms with Crippen LogP contribution in [0.25, 0.3) is 54.6 Å². The van der Waals surface area contributed by atoms with E-state index in [4.69, 9.17) is 9.15 Å². The Morgan fingerprint density at radius 1 is 0.388 bits per heavy atom. The molecule has 10 rings (SSSR count). The molecule has 0 saturated heterocycles. The second-order valence-electron chi connectivity index (χ2n) is 13.3. The Balaban J connectivity index is 1.17. The second kappa shape index (κ2) is 11.0. The Morgan fingerprint density at radius 3 is 1.59 bits per heavy atom. The lowest BCUT2D eigenvalue weighted by Gasteiger charge is -2.42. The number of hydrogen-bond donors (Lipinski definition) is 0. The molecular weight excluding hydrogens is 597 g/mol. The van der Waals surface area contributed by atoms with E-state index in [9.17, 15) is 0 Å². The number of para-hydroxylation sites is 1. The van der Waals surface area contributed by atoms with Gasteiger partial charge in [-0.2, -0.15) is 0 Å². The molecule has 0 radical (unpaired) electrons. The van der Waals surface area contributed by atoms with Crippen molar-refractivity contribution in [2.45, 2.75) is 18.3 Å². The number of ether oxygens (including phenoxy) is 1. The maximum atomic E-state index is 6.85. The molecule has 0 aliphatic carbocycles. The van der Waals surface area contributed by atoms with Crippen molar-refractivity contribution in [3.8, 4) is 22.6 Å². The summed E-state index contributed by atoms with van der Waals surface area (Å²) in [4.78, 5) is 0. The maximum Gasteiger partial charge on any atom is 0.136 e. The summed E-state index contributed by atoms with van der Waals surface area (Å²) < 4.78 is 13.1. The number of benzene rings is 8. The first-order valence-electron chi connectivity index (χ1n) is 17.0. The zero-order valence-electron chi connectivity index (χ0n) is 26.9. The highest BCUT2D eigenvalue weighted by atomic mass is 16.5. The highest BCUT2D eigenvalue weighted by Gasteiger charge is 2.44. The summed E-state index contributed by atoms with van der Waals surface area (Å²) in [7, 11) is 0. The standard InChI is InChI=1S/C47H32O2/c1-2-10-31(11-3-1)29-47(30-32-18-20-33(21-19-32)36-22-25-40-39-16-8-9-17-41(39)48-44(40)28-36)45-37-14-6-4-12-34(37)23-26-42(45)49-43-27-24-35-13-5-7-15-38(35)46(43)47/h1-28H,29-30H2. The molecule has 0 unspecified atom stereocenters. The lowest BCUT2D eigenvalue weighted by molar-refractivity contribution is 0.391. The normalized spacial score (nSPS) is 13.4. The molecule has 0 bridgehead atoms. The van der Waals surface area contributed by atoms with Gasteiger partial charge in [0.1, 0.15) is 22.7 Å². The summed E-state index contributed by atoms with van der Waals surface area (Å²) in [6, 6.07) is 61.2. The molecule has 1 aliphatic rings. The smallest absolute Gasteiger partial charge is 0.136 e. The fraction of sp³-hybridized carbons (Fsp3) is 0.0638. The molecule has 0 saturated carbocycles. The molecule has 2 nitrogen and oxygen atoms in total. The summed E-state index contributed by atoms with van der Waals surface area (Å²) >= 11 is 0. The minimum absolute atomic E-state index is 0.402. The predicted molar refractivity (Wildman–Crippen MR) is 202 cm³/mol. The minimum atomic E-state index is -0.402. The van der Waals surface area contributed by atoms with Crippen molar-refractivity contribution in [3.05, 3.63) is 192 Å². The van der Waals surface area contributed by atoms with Crippen LogP contribution in [0.15, 0.2) is 174 Å². The van der Waals surface area contributed by atoms with Crippen LogP contribution in [-0.2, 0) is 18.3 Å². The number of hydrogen-bond acceptors (Lipinski definition) is 2. The Labute approximate surface area is 284 Å². The van der Waals surface area contributed by atoms with Gasteiger partial charge in [-0.15, -0.1) is 0 Å². The van der Waals surface area contributed by atoms with Gasteiger partial charge in [0.25, 0.3) is 0 Å². The Hall–Kier alpha value is -6.12. The molecule has 2 heteroatoms. The van der Waals surface area contributed by atoms with Crippen LogP contribution in [0.5, 0.6) is 11.5 Å². The summed E-state index contributed by atoms with van der Waals surface area (Å²) in [5.41, 5.74) is 8.87. The highest BCUT2D eigenvalue weighted by Crippen LogP contribution is 2.55.